The fourth-order valence-corrected chi connectivity index (χ4v) is 12.4. The Hall–Kier alpha value is -10.7. The van der Waals surface area contributed by atoms with Crippen molar-refractivity contribution in [2.75, 3.05) is 59.7 Å². The molecule has 8 rings (SSSR count). The topological polar surface area (TPSA) is 572 Å². The first-order chi connectivity index (χ1) is 59.0. The van der Waals surface area contributed by atoms with Crippen LogP contribution in [-0.4, -0.2) is 371 Å². The second-order valence-corrected chi connectivity index (χ2v) is 40.3. The third kappa shape index (κ3) is 38.9. The third-order valence-electron chi connectivity index (χ3n) is 18.2. The van der Waals surface area contributed by atoms with Crippen molar-refractivity contribution >= 4 is 96.5 Å². The van der Waals surface area contributed by atoms with E-state index in [1.807, 2.05) is 0 Å². The van der Waals surface area contributed by atoms with Gasteiger partial charge in [-0.3, -0.25) is 39.2 Å². The molecule has 50 heteroatoms. The van der Waals surface area contributed by atoms with Crippen molar-refractivity contribution in [2.24, 2.45) is 5.41 Å². The number of hydrogen-bond donors (Lipinski definition) is 8. The van der Waals surface area contributed by atoms with E-state index in [-0.39, 0.29) is 59.5 Å². The molecule has 0 spiro atoms. The highest BCUT2D eigenvalue weighted by atomic mass is 19.3. The van der Waals surface area contributed by atoms with Crippen LogP contribution in [0.25, 0.3) is 0 Å². The van der Waals surface area contributed by atoms with Gasteiger partial charge in [-0.2, -0.15) is 0 Å². The number of rotatable bonds is 8. The van der Waals surface area contributed by atoms with Crippen LogP contribution in [0.3, 0.4) is 0 Å². The van der Waals surface area contributed by atoms with Crippen molar-refractivity contribution in [1.82, 2.24) is 39.2 Å². The number of alkyl halides is 6. The van der Waals surface area contributed by atoms with E-state index >= 15 is 0 Å². The second-order valence-electron chi connectivity index (χ2n) is 40.3. The van der Waals surface area contributed by atoms with Crippen molar-refractivity contribution in [3.63, 3.8) is 0 Å². The van der Waals surface area contributed by atoms with E-state index in [1.165, 1.54) is 0 Å². The molecule has 0 bridgehead atoms. The Labute approximate surface area is 761 Å². The molecule has 0 unspecified atom stereocenters. The van der Waals surface area contributed by atoms with Crippen LogP contribution >= 0.6 is 0 Å². The highest BCUT2D eigenvalue weighted by Gasteiger charge is 2.65. The molecule has 0 saturated carbocycles. The monoisotopic (exact) mass is 1920 g/mol. The molecule has 8 fully saturated rings. The van der Waals surface area contributed by atoms with Crippen molar-refractivity contribution < 1.29 is 201 Å². The number of carbonyl (C=O) groups excluding carboxylic acids is 8. The van der Waals surface area contributed by atoms with Crippen LogP contribution in [0, 0.1) is 5.41 Å². The van der Waals surface area contributed by atoms with E-state index in [0.717, 1.165) is 43.2 Å². The normalized spacial score (nSPS) is 24.6. The molecule has 8 amide bonds. The summed E-state index contributed by atoms with van der Waals surface area (Å²) < 4.78 is 141. The van der Waals surface area contributed by atoms with E-state index in [1.54, 1.807) is 194 Å². The lowest BCUT2D eigenvalue weighted by atomic mass is 9.82. The number of carbonyl (C=O) groups is 16. The van der Waals surface area contributed by atoms with Gasteiger partial charge >= 0.3 is 96.5 Å². The highest BCUT2D eigenvalue weighted by molar-refractivity contribution is 5.86. The van der Waals surface area contributed by atoms with Crippen LogP contribution in [0.2, 0.25) is 0 Å². The van der Waals surface area contributed by atoms with Gasteiger partial charge in [-0.25, -0.2) is 103 Å². The van der Waals surface area contributed by atoms with Crippen LogP contribution in [0.1, 0.15) is 227 Å². The standard InChI is InChI=1S/C12H19F2NO4.C11H19NO5.C10H15F2NO4.2C10H16FNO4.2C10H17NO5.C9H15NO5/c1-10(2,3)19-9(18)15-6-12(13,14)11(4,5)7(15)8(16)17;1-10(2,3)17-9(15)12-6-16-11(4,5)7(12)8(13)14;1-9(2,3)17-8(16)13-5-10(11,12)4-6(13)7(14)15;2*1-10(2,3)16-9(15)12-5-6(11)4-7(12)8(13)14;2*1-6-7(8(12)13)11(5-15-6)9(14)16-10(2,3)4;1-9(2,3)15-8(13)10-5-14-4-6(10)7(11)12/h7H,6H2,1-5H3,(H,16,17);7H,6H2,1-5H3,(H,13,14);6H,4-5H2,1-3H3,(H,14,15);2*6-7H,4-5H2,1-3H3,(H,13,14);2*6-7H,5H2,1-4H3,(H,12,13);6H,4-5H2,1-3H3,(H,11,12)/t2*7-;6-;6-,7+;6-,7-;6-,7+;6-,7-;6-/m11010100/s1. The molecule has 132 heavy (non-hydrogen) atoms. The third-order valence-corrected chi connectivity index (χ3v) is 18.2. The number of amides is 8. The summed E-state index contributed by atoms with van der Waals surface area (Å²) in [7, 11) is 0. The minimum Gasteiger partial charge on any atom is -0.480 e. The molecule has 8 heterocycles. The summed E-state index contributed by atoms with van der Waals surface area (Å²) in [6, 6.07) is -9.31. The van der Waals surface area contributed by atoms with Gasteiger partial charge in [0.1, 0.15) is 108 Å². The fourth-order valence-electron chi connectivity index (χ4n) is 12.4. The lowest BCUT2D eigenvalue weighted by molar-refractivity contribution is -0.149. The molecule has 8 N–H and O–H groups in total. The quantitative estimate of drug-likeness (QED) is 0.0826. The van der Waals surface area contributed by atoms with Crippen molar-refractivity contribution in [1.29, 1.82) is 0 Å². The van der Waals surface area contributed by atoms with Gasteiger partial charge in [0.2, 0.25) is 0 Å². The van der Waals surface area contributed by atoms with Crippen LogP contribution in [0.5, 0.6) is 0 Å². The molecule has 0 aromatic heterocycles. The Morgan fingerprint density at radius 2 is 0.591 bits per heavy atom. The molecular formula is C82H134F6N8O36. The van der Waals surface area contributed by atoms with Gasteiger partial charge in [0.15, 0.2) is 24.2 Å². The van der Waals surface area contributed by atoms with Gasteiger partial charge in [0.05, 0.1) is 56.0 Å². The van der Waals surface area contributed by atoms with Gasteiger partial charge in [-0.05, 0) is 194 Å². The molecule has 0 aromatic carbocycles. The summed E-state index contributed by atoms with van der Waals surface area (Å²) in [5.74, 6) is -16.1. The van der Waals surface area contributed by atoms with E-state index in [2.05, 4.69) is 0 Å². The molecule has 8 aliphatic rings. The predicted molar refractivity (Wildman–Crippen MR) is 444 cm³/mol. The molecule has 0 aromatic rings. The fraction of sp³-hybridized carbons (Fsp3) is 0.805. The Morgan fingerprint density at radius 1 is 0.318 bits per heavy atom. The van der Waals surface area contributed by atoms with Crippen LogP contribution in [0.4, 0.5) is 64.7 Å². The van der Waals surface area contributed by atoms with Crippen molar-refractivity contribution in [3.8, 4) is 0 Å². The van der Waals surface area contributed by atoms with Gasteiger partial charge in [-0.1, -0.05) is 13.8 Å². The zero-order chi connectivity index (χ0) is 104. The number of ether oxygens (including phenoxy) is 12. The number of halogens is 6. The van der Waals surface area contributed by atoms with Crippen molar-refractivity contribution in [3.05, 3.63) is 0 Å². The van der Waals surface area contributed by atoms with Gasteiger partial charge in [0, 0.05) is 19.3 Å². The molecule has 8 saturated heterocycles. The average Bonchev–Trinajstić information content (AvgIpc) is 1.58. The zero-order valence-electron chi connectivity index (χ0n) is 80.3. The Morgan fingerprint density at radius 3 is 0.871 bits per heavy atom. The number of carboxylic acids is 8. The minimum atomic E-state index is -3.28. The smallest absolute Gasteiger partial charge is 0.412 e. The van der Waals surface area contributed by atoms with E-state index in [0.29, 0.717) is 9.80 Å². The second kappa shape index (κ2) is 45.8. The number of aliphatic carboxylic acids is 8. The number of likely N-dealkylation sites (tertiary alicyclic amines) is 4. The zero-order valence-corrected chi connectivity index (χ0v) is 80.3. The molecule has 44 nitrogen and oxygen atoms in total. The summed E-state index contributed by atoms with van der Waals surface area (Å²) in [5, 5.41) is 71.4. The molecule has 0 radical (unpaired) electrons. The largest absolute Gasteiger partial charge is 0.480 e. The minimum absolute atomic E-state index is 0.00851. The van der Waals surface area contributed by atoms with Crippen LogP contribution < -0.4 is 0 Å². The highest BCUT2D eigenvalue weighted by Crippen LogP contribution is 2.48. The first kappa shape index (κ1) is 119. The maximum atomic E-state index is 13.9. The van der Waals surface area contributed by atoms with E-state index in [4.69, 9.17) is 97.7 Å². The molecule has 760 valence electrons. The Balaban J connectivity index is 0.000000755. The first-order valence-electron chi connectivity index (χ1n) is 41.3. The first-order valence-corrected chi connectivity index (χ1v) is 41.3. The van der Waals surface area contributed by atoms with Crippen molar-refractivity contribution in [2.45, 2.75) is 362 Å². The van der Waals surface area contributed by atoms with E-state index < -0.39 is 257 Å². The summed E-state index contributed by atoms with van der Waals surface area (Å²) in [6.07, 6.45) is -11.1. The summed E-state index contributed by atoms with van der Waals surface area (Å²) in [4.78, 5) is 188. The van der Waals surface area contributed by atoms with Crippen LogP contribution in [0.15, 0.2) is 0 Å². The van der Waals surface area contributed by atoms with Gasteiger partial charge in [0.25, 0.3) is 11.8 Å². The molecule has 8 aliphatic heterocycles. The Kier molecular flexibility index (Phi) is 41.5. The molecule has 12 atom stereocenters. The summed E-state index contributed by atoms with van der Waals surface area (Å²) in [5.41, 5.74) is -8.50. The van der Waals surface area contributed by atoms with Crippen LogP contribution in [-0.2, 0) is 95.2 Å². The lowest BCUT2D eigenvalue weighted by Gasteiger charge is -2.31. The maximum absolute atomic E-state index is 13.9. The predicted octanol–water partition coefficient (Wildman–Crippen LogP) is 11.1. The van der Waals surface area contributed by atoms with Gasteiger partial charge < -0.3 is 97.7 Å². The SMILES string of the molecule is CC(C)(C)OC(=O)N1CC(F)(F)C(C)(C)[C@H]1C(=O)O.CC(C)(C)OC(=O)N1CC(F)(F)C[C@H]1C(=O)O.CC(C)(C)OC(=O)N1COC(C)(C)[C@H]1C(=O)O.CC(C)(C)OC(=O)N1COC[C@H]1C(=O)O.CC(C)(C)OC(=O)N1C[C@@H](F)C[C@H]1C(=O)O.CC(C)(C)OC(=O)N1C[C@H](F)C[C@H]1C(=O)O.C[C@@H]1OCN(C(=O)OC(C)(C)C)[C@@H]1C(=O)O.C[C@H]1OCN(C(=O)OC(C)(C)C)[C@@H]1C(=O)O. The summed E-state index contributed by atoms with van der Waals surface area (Å²) >= 11 is 0. The maximum Gasteiger partial charge on any atom is 0.412 e. The molecular weight excluding hydrogens is 1790 g/mol. The Bertz CT molecular complexity index is 3850. The summed E-state index contributed by atoms with van der Waals surface area (Å²) in [6.45, 7) is 46.5. The number of hydrogen-bond acceptors (Lipinski definition) is 28. The average molecular weight is 1920 g/mol. The lowest BCUT2D eigenvalue weighted by Crippen LogP contribution is -2.50. The van der Waals surface area contributed by atoms with Gasteiger partial charge in [-0.15, -0.1) is 0 Å². The molecule has 0 aliphatic carbocycles. The number of carboxylic acid groups (broad SMARTS) is 8. The van der Waals surface area contributed by atoms with E-state index in [9.17, 15) is 103 Å². The number of nitrogens with zero attached hydrogens (tertiary/aromatic N) is 8.